The molecular formula is C19H26N2O2S. The standard InChI is InChI=1S/C19H26N2O2S/c1-4-5-6-7-11-21-13-17-18(14-21)19(17,2)15-9-8-10-16(12-15)20-24(3,22)23/h8-10,12,17-18,20H,4-5,11,13-14H2,1-3H3. The van der Waals surface area contributed by atoms with Gasteiger partial charge in [-0.15, -0.1) is 5.92 Å². The maximum absolute atomic E-state index is 11.4. The number of benzene rings is 1. The van der Waals surface area contributed by atoms with E-state index in [9.17, 15) is 8.42 Å². The van der Waals surface area contributed by atoms with Crippen LogP contribution in [0.2, 0.25) is 0 Å². The number of unbranched alkanes of at least 4 members (excludes halogenated alkanes) is 1. The van der Waals surface area contributed by atoms with Crippen molar-refractivity contribution in [3.05, 3.63) is 29.8 Å². The second-order valence-corrected chi connectivity index (χ2v) is 9.00. The zero-order valence-corrected chi connectivity index (χ0v) is 15.5. The largest absolute Gasteiger partial charge is 0.292 e. The molecule has 0 bridgehead atoms. The summed E-state index contributed by atoms with van der Waals surface area (Å²) in [5.41, 5.74) is 2.06. The third kappa shape index (κ3) is 3.45. The van der Waals surface area contributed by atoms with E-state index in [1.807, 2.05) is 18.2 Å². The first-order chi connectivity index (χ1) is 11.3. The highest BCUT2D eigenvalue weighted by atomic mass is 32.2. The van der Waals surface area contributed by atoms with E-state index in [4.69, 9.17) is 0 Å². The van der Waals surface area contributed by atoms with Crippen LogP contribution in [0, 0.1) is 23.7 Å². The molecule has 1 N–H and O–H groups in total. The predicted molar refractivity (Wildman–Crippen MR) is 98.4 cm³/mol. The number of rotatable bonds is 5. The molecule has 1 aromatic rings. The van der Waals surface area contributed by atoms with Crippen molar-refractivity contribution in [1.29, 1.82) is 0 Å². The number of nitrogens with zero attached hydrogens (tertiary/aromatic N) is 1. The molecule has 2 unspecified atom stereocenters. The van der Waals surface area contributed by atoms with Gasteiger partial charge in [0.1, 0.15) is 0 Å². The average molecular weight is 346 g/mol. The second-order valence-electron chi connectivity index (χ2n) is 7.25. The van der Waals surface area contributed by atoms with E-state index in [0.29, 0.717) is 17.5 Å². The zero-order valence-electron chi connectivity index (χ0n) is 14.7. The van der Waals surface area contributed by atoms with E-state index in [2.05, 4.69) is 41.4 Å². The van der Waals surface area contributed by atoms with Crippen molar-refractivity contribution in [1.82, 2.24) is 4.90 Å². The van der Waals surface area contributed by atoms with Crippen molar-refractivity contribution in [2.24, 2.45) is 11.8 Å². The Morgan fingerprint density at radius 1 is 1.29 bits per heavy atom. The molecule has 1 aliphatic heterocycles. The summed E-state index contributed by atoms with van der Waals surface area (Å²) in [6, 6.07) is 7.86. The number of nitrogens with one attached hydrogen (secondary N) is 1. The van der Waals surface area contributed by atoms with Gasteiger partial charge in [-0.1, -0.05) is 31.9 Å². The highest BCUT2D eigenvalue weighted by Gasteiger charge is 2.65. The van der Waals surface area contributed by atoms with Crippen LogP contribution in [0.5, 0.6) is 0 Å². The van der Waals surface area contributed by atoms with Crippen LogP contribution in [0.4, 0.5) is 5.69 Å². The lowest BCUT2D eigenvalue weighted by Crippen LogP contribution is -2.29. The molecule has 130 valence electrons. The highest BCUT2D eigenvalue weighted by Crippen LogP contribution is 2.63. The quantitative estimate of drug-likeness (QED) is 0.834. The topological polar surface area (TPSA) is 49.4 Å². The number of hydrogen-bond acceptors (Lipinski definition) is 3. The minimum atomic E-state index is -3.23. The van der Waals surface area contributed by atoms with E-state index >= 15 is 0 Å². The minimum absolute atomic E-state index is 0.169. The third-order valence-electron chi connectivity index (χ3n) is 5.42. The van der Waals surface area contributed by atoms with Crippen LogP contribution >= 0.6 is 0 Å². The van der Waals surface area contributed by atoms with Crippen molar-refractivity contribution < 1.29 is 8.42 Å². The monoisotopic (exact) mass is 346 g/mol. The Morgan fingerprint density at radius 3 is 2.62 bits per heavy atom. The average Bonchev–Trinajstić information content (AvgIpc) is 2.88. The summed E-state index contributed by atoms with van der Waals surface area (Å²) in [7, 11) is -3.23. The third-order valence-corrected chi connectivity index (χ3v) is 6.02. The van der Waals surface area contributed by atoms with Crippen molar-refractivity contribution in [2.45, 2.75) is 32.1 Å². The van der Waals surface area contributed by atoms with Crippen LogP contribution in [0.1, 0.15) is 32.3 Å². The lowest BCUT2D eigenvalue weighted by Gasteiger charge is -2.23. The molecule has 0 aromatic heterocycles. The van der Waals surface area contributed by atoms with E-state index in [1.54, 1.807) is 0 Å². The summed E-state index contributed by atoms with van der Waals surface area (Å²) >= 11 is 0. The SMILES string of the molecule is CCCC#CCN1CC2C(C1)C2(C)c1cccc(NS(C)(=O)=O)c1. The van der Waals surface area contributed by atoms with Crippen LogP contribution in [-0.2, 0) is 15.4 Å². The Bertz CT molecular complexity index is 764. The van der Waals surface area contributed by atoms with Gasteiger partial charge < -0.3 is 0 Å². The van der Waals surface area contributed by atoms with Gasteiger partial charge in [-0.05, 0) is 36.0 Å². The summed E-state index contributed by atoms with van der Waals surface area (Å²) in [4.78, 5) is 2.44. The van der Waals surface area contributed by atoms with Crippen LogP contribution < -0.4 is 4.72 Å². The number of hydrogen-bond donors (Lipinski definition) is 1. The molecular weight excluding hydrogens is 320 g/mol. The highest BCUT2D eigenvalue weighted by molar-refractivity contribution is 7.92. The summed E-state index contributed by atoms with van der Waals surface area (Å²) < 4.78 is 25.4. The van der Waals surface area contributed by atoms with Gasteiger partial charge in [0, 0.05) is 30.6 Å². The molecule has 1 saturated carbocycles. The molecule has 2 atom stereocenters. The normalized spacial score (nSPS) is 28.8. The number of likely N-dealkylation sites (tertiary alicyclic amines) is 1. The Kier molecular flexibility index (Phi) is 4.63. The van der Waals surface area contributed by atoms with Gasteiger partial charge in [0.2, 0.25) is 10.0 Å². The van der Waals surface area contributed by atoms with Crippen molar-refractivity contribution in [2.75, 3.05) is 30.6 Å². The fourth-order valence-electron chi connectivity index (χ4n) is 4.03. The van der Waals surface area contributed by atoms with E-state index in [1.165, 1.54) is 11.8 Å². The minimum Gasteiger partial charge on any atom is -0.292 e. The molecule has 2 aliphatic rings. The lowest BCUT2D eigenvalue weighted by atomic mass is 9.92. The first-order valence-electron chi connectivity index (χ1n) is 8.61. The maximum Gasteiger partial charge on any atom is 0.229 e. The molecule has 1 aromatic carbocycles. The number of fused-ring (bicyclic) bond motifs is 1. The van der Waals surface area contributed by atoms with Crippen LogP contribution in [0.15, 0.2) is 24.3 Å². The van der Waals surface area contributed by atoms with Gasteiger partial charge in [-0.3, -0.25) is 9.62 Å². The zero-order chi connectivity index (χ0) is 17.4. The summed E-state index contributed by atoms with van der Waals surface area (Å²) in [5, 5.41) is 0. The maximum atomic E-state index is 11.4. The van der Waals surface area contributed by atoms with Gasteiger partial charge in [0.15, 0.2) is 0 Å². The Labute approximate surface area is 145 Å². The molecule has 4 nitrogen and oxygen atoms in total. The van der Waals surface area contributed by atoms with Gasteiger partial charge in [0.05, 0.1) is 12.8 Å². The number of sulfonamides is 1. The van der Waals surface area contributed by atoms with Crippen LogP contribution in [0.25, 0.3) is 0 Å². The first kappa shape index (κ1) is 17.3. The Balaban J connectivity index is 1.64. The van der Waals surface area contributed by atoms with Crippen molar-refractivity contribution >= 4 is 15.7 Å². The second kappa shape index (κ2) is 6.42. The molecule has 24 heavy (non-hydrogen) atoms. The molecule has 1 aliphatic carbocycles. The van der Waals surface area contributed by atoms with Gasteiger partial charge in [-0.2, -0.15) is 0 Å². The Morgan fingerprint density at radius 2 is 2.00 bits per heavy atom. The molecule has 5 heteroatoms. The number of anilines is 1. The van der Waals surface area contributed by atoms with Crippen LogP contribution in [-0.4, -0.2) is 39.2 Å². The predicted octanol–water partition coefficient (Wildman–Crippen LogP) is 2.68. The number of piperidine rings is 1. The van der Waals surface area contributed by atoms with Gasteiger partial charge in [0.25, 0.3) is 0 Å². The lowest BCUT2D eigenvalue weighted by molar-refractivity contribution is 0.308. The summed E-state index contributed by atoms with van der Waals surface area (Å²) in [6.45, 7) is 7.51. The smallest absolute Gasteiger partial charge is 0.229 e. The molecule has 1 saturated heterocycles. The Hall–Kier alpha value is -1.51. The molecule has 2 fully saturated rings. The molecule has 0 radical (unpaired) electrons. The molecule has 0 spiro atoms. The first-order valence-corrected chi connectivity index (χ1v) is 10.5. The van der Waals surface area contributed by atoms with E-state index < -0.39 is 10.0 Å². The fraction of sp³-hybridized carbons (Fsp3) is 0.579. The summed E-state index contributed by atoms with van der Waals surface area (Å²) in [6.07, 6.45) is 3.29. The van der Waals surface area contributed by atoms with Crippen molar-refractivity contribution in [3.63, 3.8) is 0 Å². The van der Waals surface area contributed by atoms with Crippen LogP contribution in [0.3, 0.4) is 0 Å². The van der Waals surface area contributed by atoms with Gasteiger partial charge >= 0.3 is 0 Å². The fourth-order valence-corrected chi connectivity index (χ4v) is 4.59. The molecule has 1 heterocycles. The molecule has 3 rings (SSSR count). The molecule has 0 amide bonds. The van der Waals surface area contributed by atoms with E-state index in [0.717, 1.165) is 32.5 Å². The van der Waals surface area contributed by atoms with E-state index in [-0.39, 0.29) is 5.41 Å². The van der Waals surface area contributed by atoms with Crippen molar-refractivity contribution in [3.8, 4) is 11.8 Å². The summed E-state index contributed by atoms with van der Waals surface area (Å²) in [5.74, 6) is 7.79. The van der Waals surface area contributed by atoms with Gasteiger partial charge in [-0.25, -0.2) is 8.42 Å².